The lowest BCUT2D eigenvalue weighted by molar-refractivity contribution is 0.994. The molecule has 474 valence electrons. The molecule has 0 saturated carbocycles. The maximum atomic E-state index is 6.16. The molecule has 7 heterocycles. The van der Waals surface area contributed by atoms with Crippen molar-refractivity contribution in [3.05, 3.63) is 352 Å². The van der Waals surface area contributed by atoms with Gasteiger partial charge in [-0.2, -0.15) is 0 Å². The number of hydrogen-bond acceptors (Lipinski definition) is 2. The molecular weight excluding hydrogens is 1240 g/mol. The van der Waals surface area contributed by atoms with E-state index in [9.17, 15) is 0 Å². The highest BCUT2D eigenvalue weighted by Gasteiger charge is 2.38. The Morgan fingerprint density at radius 3 is 0.667 bits per heavy atom. The average molecular weight is 1300 g/mol. The summed E-state index contributed by atoms with van der Waals surface area (Å²) >= 11 is 0. The van der Waals surface area contributed by atoms with Gasteiger partial charge in [-0.3, -0.25) is 0 Å². The summed E-state index contributed by atoms with van der Waals surface area (Å²) in [6, 6.07) is 129. The van der Waals surface area contributed by atoms with Crippen LogP contribution in [-0.2, 0) is 0 Å². The lowest BCUT2D eigenvalue weighted by atomic mass is 9.98. The number of aromatic nitrogens is 8. The lowest BCUT2D eigenvalue weighted by Gasteiger charge is -2.31. The number of hydrogen-bond donors (Lipinski definition) is 0. The van der Waals surface area contributed by atoms with Gasteiger partial charge in [-0.05, 0) is 91.0 Å². The molecule has 0 bridgehead atoms. The first kappa shape index (κ1) is 56.2. The van der Waals surface area contributed by atoms with Crippen molar-refractivity contribution in [2.75, 3.05) is 0 Å². The molecule has 0 unspecified atom stereocenters. The quantitative estimate of drug-likeness (QED) is 0.145. The van der Waals surface area contributed by atoms with E-state index in [-0.39, 0.29) is 0 Å². The molecule has 0 aliphatic rings. The predicted molar refractivity (Wildman–Crippen MR) is 424 cm³/mol. The van der Waals surface area contributed by atoms with E-state index in [1.807, 2.05) is 0 Å². The van der Waals surface area contributed by atoms with Crippen molar-refractivity contribution in [2.45, 2.75) is 0 Å². The second kappa shape index (κ2) is 21.8. The minimum atomic E-state index is 0.553. The van der Waals surface area contributed by atoms with E-state index >= 15 is 0 Å². The third kappa shape index (κ3) is 7.97. The second-order valence-corrected chi connectivity index (χ2v) is 26.7. The number of benzene rings is 15. The van der Waals surface area contributed by atoms with Crippen LogP contribution in [0.2, 0.25) is 0 Å². The zero-order chi connectivity index (χ0) is 66.7. The molecule has 0 radical (unpaired) electrons. The fourth-order valence-electron chi connectivity index (χ4n) is 17.2. The molecule has 0 aliphatic heterocycles. The van der Waals surface area contributed by atoms with Gasteiger partial charge in [-0.15, -0.1) is 0 Å². The van der Waals surface area contributed by atoms with E-state index in [0.717, 1.165) is 182 Å². The molecule has 7 aromatic heterocycles. The number of rotatable bonds is 9. The highest BCUT2D eigenvalue weighted by Crippen LogP contribution is 2.55. The maximum absolute atomic E-state index is 6.16. The largest absolute Gasteiger partial charge is 0.309 e. The molecule has 0 N–H and O–H groups in total. The van der Waals surface area contributed by atoms with Crippen LogP contribution in [0.25, 0.3) is 199 Å². The van der Waals surface area contributed by atoms with Gasteiger partial charge in [0.1, 0.15) is 0 Å². The third-order valence-electron chi connectivity index (χ3n) is 21.4. The summed E-state index contributed by atoms with van der Waals surface area (Å²) < 4.78 is 15.4. The molecule has 0 spiro atoms. The summed E-state index contributed by atoms with van der Waals surface area (Å²) in [5.41, 5.74) is 22.7. The number of nitrogens with zero attached hydrogens (tertiary/aromatic N) is 8. The van der Waals surface area contributed by atoms with Gasteiger partial charge in [-0.25, -0.2) is 9.97 Å². The average Bonchev–Trinajstić information content (AvgIpc) is 1.40. The summed E-state index contributed by atoms with van der Waals surface area (Å²) in [7, 11) is 0. The van der Waals surface area contributed by atoms with Crippen LogP contribution in [0.1, 0.15) is 0 Å². The molecule has 0 saturated heterocycles. The van der Waals surface area contributed by atoms with E-state index in [1.54, 1.807) is 0 Å². The van der Waals surface area contributed by atoms with Crippen molar-refractivity contribution < 1.29 is 0 Å². The Morgan fingerprint density at radius 1 is 0.167 bits per heavy atom. The molecule has 15 aromatic carbocycles. The van der Waals surface area contributed by atoms with Crippen LogP contribution >= 0.6 is 0 Å². The van der Waals surface area contributed by atoms with E-state index in [0.29, 0.717) is 5.82 Å². The maximum Gasteiger partial charge on any atom is 0.164 e. The predicted octanol–water partition coefficient (Wildman–Crippen LogP) is 24.1. The van der Waals surface area contributed by atoms with Crippen molar-refractivity contribution in [2.24, 2.45) is 0 Å². The Morgan fingerprint density at radius 2 is 0.382 bits per heavy atom. The molecule has 0 amide bonds. The standard InChI is InChI=1S/C94H58N8/c1-3-29-59(30-4-1)74-58-75(60-31-5-2-6-32-60)96-94(95-74)88-89(98-78-46-20-9-35-64(78)65-36-10-21-47-79(65)98)91(100-82-50-24-13-39-68(82)69-40-14-25-51-83(69)100)93(102-86-54-28-17-43-72(86)73-57-61(55-56-87(73)102)97-76-44-18-7-33-62(76)63-34-8-19-45-77(63)97)92(101-84-52-26-15-41-70(84)71-42-16-27-53-85(71)101)90(88)99-80-48-22-11-37-66(80)67-38-12-23-49-81(67)99/h1-58H. The fraction of sp³-hybridized carbons (Fsp3) is 0. The number of fused-ring (bicyclic) bond motifs is 18. The highest BCUT2D eigenvalue weighted by atomic mass is 15.2. The van der Waals surface area contributed by atoms with Crippen molar-refractivity contribution in [1.82, 2.24) is 37.4 Å². The first-order valence-corrected chi connectivity index (χ1v) is 34.9. The first-order valence-electron chi connectivity index (χ1n) is 34.9. The zero-order valence-electron chi connectivity index (χ0n) is 55.1. The van der Waals surface area contributed by atoms with Crippen LogP contribution in [0.15, 0.2) is 352 Å². The summed E-state index contributed by atoms with van der Waals surface area (Å²) in [5.74, 6) is 0.553. The van der Waals surface area contributed by atoms with Crippen LogP contribution < -0.4 is 0 Å². The molecule has 102 heavy (non-hydrogen) atoms. The van der Waals surface area contributed by atoms with Gasteiger partial charge in [0.05, 0.1) is 112 Å². The first-order chi connectivity index (χ1) is 50.7. The molecule has 8 heteroatoms. The summed E-state index contributed by atoms with van der Waals surface area (Å²) in [4.78, 5) is 12.3. The van der Waals surface area contributed by atoms with Gasteiger partial charge in [0.15, 0.2) is 5.82 Å². The molecule has 22 aromatic rings. The van der Waals surface area contributed by atoms with E-state index in [4.69, 9.17) is 9.97 Å². The summed E-state index contributed by atoms with van der Waals surface area (Å²) in [6.07, 6.45) is 0. The third-order valence-corrected chi connectivity index (χ3v) is 21.4. The van der Waals surface area contributed by atoms with Crippen molar-refractivity contribution >= 4 is 131 Å². The minimum Gasteiger partial charge on any atom is -0.309 e. The smallest absolute Gasteiger partial charge is 0.164 e. The monoisotopic (exact) mass is 1300 g/mol. The van der Waals surface area contributed by atoms with E-state index < -0.39 is 0 Å². The topological polar surface area (TPSA) is 55.4 Å². The molecule has 22 rings (SSSR count). The van der Waals surface area contributed by atoms with Crippen LogP contribution in [0.4, 0.5) is 0 Å². The Kier molecular flexibility index (Phi) is 12.0. The molecule has 8 nitrogen and oxygen atoms in total. The normalized spacial score (nSPS) is 12.1. The lowest BCUT2D eigenvalue weighted by Crippen LogP contribution is -2.19. The van der Waals surface area contributed by atoms with Crippen molar-refractivity contribution in [1.29, 1.82) is 0 Å². The van der Waals surface area contributed by atoms with Gasteiger partial charge in [0, 0.05) is 81.4 Å². The Hall–Kier alpha value is -13.8. The van der Waals surface area contributed by atoms with Crippen molar-refractivity contribution in [3.63, 3.8) is 0 Å². The summed E-state index contributed by atoms with van der Waals surface area (Å²) in [6.45, 7) is 0. The van der Waals surface area contributed by atoms with Gasteiger partial charge in [0.2, 0.25) is 0 Å². The zero-order valence-corrected chi connectivity index (χ0v) is 55.1. The van der Waals surface area contributed by atoms with Gasteiger partial charge < -0.3 is 27.4 Å². The molecule has 0 atom stereocenters. The SMILES string of the molecule is c1ccc(-c2cc(-c3ccccc3)nc(-c3c(-n4c5ccccc5c5ccccc54)c(-n4c5ccccc5c5ccccc54)c(-n4c5ccccc5c5cc(-n6c7ccccc7c7ccccc76)ccc54)c(-n4c5ccccc5c5ccccc54)c3-n3c4ccccc4c4ccccc43)n2)cc1. The highest BCUT2D eigenvalue weighted by molar-refractivity contribution is 6.20. The molecule has 0 fully saturated rings. The van der Waals surface area contributed by atoms with Crippen LogP contribution in [0, 0.1) is 0 Å². The van der Waals surface area contributed by atoms with Gasteiger partial charge in [0.25, 0.3) is 0 Å². The fourth-order valence-corrected chi connectivity index (χ4v) is 17.2. The molecular formula is C94H58N8. The Labute approximate surface area is 584 Å². The van der Waals surface area contributed by atoms with Crippen LogP contribution in [0.3, 0.4) is 0 Å². The van der Waals surface area contributed by atoms with Gasteiger partial charge >= 0.3 is 0 Å². The van der Waals surface area contributed by atoms with Gasteiger partial charge in [-0.1, -0.05) is 261 Å². The van der Waals surface area contributed by atoms with Crippen LogP contribution in [-0.4, -0.2) is 37.4 Å². The van der Waals surface area contributed by atoms with E-state index in [1.165, 1.54) is 10.8 Å². The number of para-hydroxylation sites is 11. The van der Waals surface area contributed by atoms with Crippen molar-refractivity contribution in [3.8, 4) is 68.0 Å². The second-order valence-electron chi connectivity index (χ2n) is 26.7. The summed E-state index contributed by atoms with van der Waals surface area (Å²) in [5, 5.41) is 13.7. The Bertz CT molecular complexity index is 6680. The Balaban J connectivity index is 1.08. The minimum absolute atomic E-state index is 0.553. The van der Waals surface area contributed by atoms with E-state index in [2.05, 4.69) is 379 Å². The van der Waals surface area contributed by atoms with Crippen LogP contribution in [0.5, 0.6) is 0 Å². The molecule has 0 aliphatic carbocycles.